The van der Waals surface area contributed by atoms with Crippen molar-refractivity contribution in [2.45, 2.75) is 51.1 Å². The van der Waals surface area contributed by atoms with Crippen molar-refractivity contribution in [2.75, 3.05) is 11.1 Å². The van der Waals surface area contributed by atoms with Gasteiger partial charge in [-0.05, 0) is 43.2 Å². The molecule has 3 aromatic rings. The molecule has 4 rings (SSSR count). The molecule has 0 spiro atoms. The molecule has 170 valence electrons. The van der Waals surface area contributed by atoms with Gasteiger partial charge in [0.2, 0.25) is 5.91 Å². The number of thiophene rings is 2. The zero-order valence-electron chi connectivity index (χ0n) is 18.4. The number of nitrogens with one attached hydrogen (secondary N) is 1. The predicted molar refractivity (Wildman–Crippen MR) is 132 cm³/mol. The molecule has 1 aliphatic carbocycles. The van der Waals surface area contributed by atoms with Gasteiger partial charge in [0.1, 0.15) is 5.00 Å². The number of amides is 2. The van der Waals surface area contributed by atoms with E-state index >= 15 is 0 Å². The van der Waals surface area contributed by atoms with E-state index < -0.39 is 5.91 Å². The Hall–Kier alpha value is -2.17. The SMILES string of the molecule is CCCc1cc(-c2nnc(SCC(=O)Nc3sc4c(c3C(N)=O)CCC(C)C4)n2C)cs1. The van der Waals surface area contributed by atoms with Crippen LogP contribution in [0.1, 0.15) is 52.4 Å². The first-order valence-corrected chi connectivity index (χ1v) is 13.4. The highest BCUT2D eigenvalue weighted by Gasteiger charge is 2.27. The maximum atomic E-state index is 12.7. The van der Waals surface area contributed by atoms with Crippen molar-refractivity contribution < 1.29 is 9.59 Å². The molecular formula is C22H27N5O2S3. The molecule has 7 nitrogen and oxygen atoms in total. The smallest absolute Gasteiger partial charge is 0.251 e. The lowest BCUT2D eigenvalue weighted by Gasteiger charge is -2.18. The minimum atomic E-state index is -0.476. The highest BCUT2D eigenvalue weighted by atomic mass is 32.2. The second-order valence-electron chi connectivity index (χ2n) is 8.17. The number of anilines is 1. The molecule has 10 heteroatoms. The fourth-order valence-electron chi connectivity index (χ4n) is 3.96. The maximum Gasteiger partial charge on any atom is 0.251 e. The van der Waals surface area contributed by atoms with E-state index in [1.54, 1.807) is 11.3 Å². The van der Waals surface area contributed by atoms with Crippen molar-refractivity contribution >= 4 is 51.3 Å². The van der Waals surface area contributed by atoms with Gasteiger partial charge in [-0.2, -0.15) is 0 Å². The van der Waals surface area contributed by atoms with E-state index in [1.165, 1.54) is 28.0 Å². The lowest BCUT2D eigenvalue weighted by atomic mass is 9.88. The first-order valence-electron chi connectivity index (χ1n) is 10.7. The molecule has 32 heavy (non-hydrogen) atoms. The van der Waals surface area contributed by atoms with Crippen molar-refractivity contribution in [3.8, 4) is 11.4 Å². The molecule has 0 aliphatic heterocycles. The molecule has 1 unspecified atom stereocenters. The highest BCUT2D eigenvalue weighted by Crippen LogP contribution is 2.39. The third-order valence-corrected chi connectivity index (χ3v) is 8.77. The third kappa shape index (κ3) is 4.77. The first-order chi connectivity index (χ1) is 15.4. The number of rotatable bonds is 8. The van der Waals surface area contributed by atoms with Gasteiger partial charge in [-0.1, -0.05) is 32.0 Å². The number of aromatic nitrogens is 3. The van der Waals surface area contributed by atoms with Gasteiger partial charge in [-0.25, -0.2) is 0 Å². The van der Waals surface area contributed by atoms with Crippen LogP contribution in [0.25, 0.3) is 11.4 Å². The van der Waals surface area contributed by atoms with Crippen molar-refractivity contribution in [3.05, 3.63) is 32.3 Å². The van der Waals surface area contributed by atoms with Crippen molar-refractivity contribution in [2.24, 2.45) is 18.7 Å². The standard InChI is InChI=1S/C22H27N5O2S3/c1-4-5-14-9-13(10-30-14)20-25-26-22(27(20)3)31-11-17(28)24-21-18(19(23)29)15-7-6-12(2)8-16(15)32-21/h9-10,12H,4-8,11H2,1-3H3,(H2,23,29)(H,24,28). The number of nitrogens with zero attached hydrogens (tertiary/aromatic N) is 3. The number of carbonyl (C=O) groups excluding carboxylic acids is 2. The Morgan fingerprint density at radius 1 is 1.38 bits per heavy atom. The van der Waals surface area contributed by atoms with Gasteiger partial charge in [-0.3, -0.25) is 9.59 Å². The van der Waals surface area contributed by atoms with E-state index in [0.717, 1.165) is 53.9 Å². The number of carbonyl (C=O) groups is 2. The molecule has 0 radical (unpaired) electrons. The van der Waals surface area contributed by atoms with E-state index in [2.05, 4.69) is 40.8 Å². The molecule has 3 N–H and O–H groups in total. The van der Waals surface area contributed by atoms with Gasteiger partial charge in [0.15, 0.2) is 11.0 Å². The number of hydrogen-bond donors (Lipinski definition) is 2. The van der Waals surface area contributed by atoms with Gasteiger partial charge in [0, 0.05) is 27.7 Å². The van der Waals surface area contributed by atoms with Gasteiger partial charge >= 0.3 is 0 Å². The van der Waals surface area contributed by atoms with E-state index in [0.29, 0.717) is 21.6 Å². The number of nitrogens with two attached hydrogens (primary N) is 1. The minimum Gasteiger partial charge on any atom is -0.365 e. The Labute approximate surface area is 199 Å². The summed E-state index contributed by atoms with van der Waals surface area (Å²) in [5.41, 5.74) is 8.19. The van der Waals surface area contributed by atoms with Gasteiger partial charge < -0.3 is 15.6 Å². The zero-order valence-corrected chi connectivity index (χ0v) is 20.9. The van der Waals surface area contributed by atoms with Crippen LogP contribution in [0.4, 0.5) is 5.00 Å². The molecule has 1 atom stereocenters. The lowest BCUT2D eigenvalue weighted by molar-refractivity contribution is -0.113. The third-order valence-electron chi connectivity index (χ3n) is 5.59. The summed E-state index contributed by atoms with van der Waals surface area (Å²) in [5.74, 6) is 0.883. The summed E-state index contributed by atoms with van der Waals surface area (Å²) in [6, 6.07) is 2.16. The summed E-state index contributed by atoms with van der Waals surface area (Å²) >= 11 is 4.54. The minimum absolute atomic E-state index is 0.174. The normalized spacial score (nSPS) is 15.5. The van der Waals surface area contributed by atoms with Crippen molar-refractivity contribution in [1.82, 2.24) is 14.8 Å². The van der Waals surface area contributed by atoms with Crippen LogP contribution in [-0.2, 0) is 31.1 Å². The zero-order chi connectivity index (χ0) is 22.8. The maximum absolute atomic E-state index is 12.7. The number of aryl methyl sites for hydroxylation is 1. The van der Waals surface area contributed by atoms with Crippen molar-refractivity contribution in [1.29, 1.82) is 0 Å². The molecule has 0 fully saturated rings. The van der Waals surface area contributed by atoms with Crippen LogP contribution in [0, 0.1) is 5.92 Å². The quantitative estimate of drug-likeness (QED) is 0.453. The van der Waals surface area contributed by atoms with Crippen molar-refractivity contribution in [3.63, 3.8) is 0 Å². The lowest BCUT2D eigenvalue weighted by Crippen LogP contribution is -2.20. The molecule has 3 aromatic heterocycles. The van der Waals surface area contributed by atoms with E-state index in [1.807, 2.05) is 11.6 Å². The van der Waals surface area contributed by atoms with E-state index in [4.69, 9.17) is 5.73 Å². The predicted octanol–water partition coefficient (Wildman–Crippen LogP) is 4.51. The number of primary amides is 1. The van der Waals surface area contributed by atoms with Crippen LogP contribution in [0.5, 0.6) is 0 Å². The topological polar surface area (TPSA) is 103 Å². The van der Waals surface area contributed by atoms with Gasteiger partial charge in [-0.15, -0.1) is 32.9 Å². The molecule has 3 heterocycles. The van der Waals surface area contributed by atoms with Crippen LogP contribution in [0.15, 0.2) is 16.6 Å². The molecular weight excluding hydrogens is 462 g/mol. The summed E-state index contributed by atoms with van der Waals surface area (Å²) in [4.78, 5) is 27.2. The second-order valence-corrected chi connectivity index (χ2v) is 11.2. The second kappa shape index (κ2) is 9.76. The largest absolute Gasteiger partial charge is 0.365 e. The van der Waals surface area contributed by atoms with Gasteiger partial charge in [0.05, 0.1) is 11.3 Å². The number of fused-ring (bicyclic) bond motifs is 1. The van der Waals surface area contributed by atoms with Crippen LogP contribution in [0.2, 0.25) is 0 Å². The molecule has 0 bridgehead atoms. The Kier molecular flexibility index (Phi) is 7.02. The highest BCUT2D eigenvalue weighted by molar-refractivity contribution is 7.99. The fourth-order valence-corrected chi connectivity index (χ4v) is 7.07. The summed E-state index contributed by atoms with van der Waals surface area (Å²) in [6.07, 6.45) is 4.96. The average Bonchev–Trinajstić information content (AvgIpc) is 3.43. The molecule has 0 saturated carbocycles. The van der Waals surface area contributed by atoms with E-state index in [-0.39, 0.29) is 11.7 Å². The molecule has 0 aromatic carbocycles. The molecule has 1 aliphatic rings. The summed E-state index contributed by atoms with van der Waals surface area (Å²) in [6.45, 7) is 4.37. The molecule has 0 saturated heterocycles. The van der Waals surface area contributed by atoms with Crippen LogP contribution in [0.3, 0.4) is 0 Å². The van der Waals surface area contributed by atoms with Gasteiger partial charge in [0.25, 0.3) is 5.91 Å². The summed E-state index contributed by atoms with van der Waals surface area (Å²) in [5, 5.41) is 14.8. The number of hydrogen-bond acceptors (Lipinski definition) is 7. The average molecular weight is 490 g/mol. The van der Waals surface area contributed by atoms with Crippen LogP contribution in [-0.4, -0.2) is 32.3 Å². The number of thioether (sulfide) groups is 1. The Balaban J connectivity index is 1.43. The monoisotopic (exact) mass is 489 g/mol. The van der Waals surface area contributed by atoms with E-state index in [9.17, 15) is 9.59 Å². The molecule has 2 amide bonds. The summed E-state index contributed by atoms with van der Waals surface area (Å²) in [7, 11) is 1.91. The summed E-state index contributed by atoms with van der Waals surface area (Å²) < 4.78 is 1.91. The Morgan fingerprint density at radius 3 is 2.94 bits per heavy atom. The fraction of sp³-hybridized carbons (Fsp3) is 0.455. The first kappa shape index (κ1) is 23.0. The van der Waals surface area contributed by atoms with Crippen LogP contribution >= 0.6 is 34.4 Å². The Morgan fingerprint density at radius 2 is 2.19 bits per heavy atom. The Bertz CT molecular complexity index is 1150. The van der Waals surface area contributed by atoms with Crippen LogP contribution < -0.4 is 11.1 Å².